The van der Waals surface area contributed by atoms with Crippen LogP contribution in [-0.2, 0) is 11.2 Å². The molecule has 1 saturated heterocycles. The number of rotatable bonds is 2. The Morgan fingerprint density at radius 2 is 2.29 bits per heavy atom. The predicted molar refractivity (Wildman–Crippen MR) is 62.9 cm³/mol. The third-order valence-corrected chi connectivity index (χ3v) is 3.97. The fourth-order valence-corrected chi connectivity index (χ4v) is 3.12. The molecule has 1 fully saturated rings. The van der Waals surface area contributed by atoms with E-state index in [1.807, 2.05) is 12.3 Å². The van der Waals surface area contributed by atoms with Crippen molar-refractivity contribution in [2.24, 2.45) is 0 Å². The van der Waals surface area contributed by atoms with Crippen LogP contribution in [0.15, 0.2) is 18.3 Å². The van der Waals surface area contributed by atoms with Crippen molar-refractivity contribution in [3.05, 3.63) is 29.6 Å². The van der Waals surface area contributed by atoms with Crippen LogP contribution < -0.4 is 5.32 Å². The van der Waals surface area contributed by atoms with Crippen LogP contribution in [0.2, 0.25) is 0 Å². The molecule has 0 amide bonds. The van der Waals surface area contributed by atoms with E-state index in [9.17, 15) is 4.79 Å². The molecule has 3 unspecified atom stereocenters. The lowest BCUT2D eigenvalue weighted by Gasteiger charge is -2.19. The number of pyridine rings is 1. The average molecular weight is 232 g/mol. The number of aliphatic carboxylic acids is 1. The number of fused-ring (bicyclic) bond motifs is 1. The Morgan fingerprint density at radius 1 is 1.41 bits per heavy atom. The van der Waals surface area contributed by atoms with Crippen LogP contribution in [0.1, 0.15) is 36.4 Å². The van der Waals surface area contributed by atoms with Crippen molar-refractivity contribution in [3.63, 3.8) is 0 Å². The Morgan fingerprint density at radius 3 is 3.06 bits per heavy atom. The number of carboxylic acids is 1. The van der Waals surface area contributed by atoms with Crippen LogP contribution in [-0.4, -0.2) is 28.1 Å². The molecule has 2 N–H and O–H groups in total. The zero-order chi connectivity index (χ0) is 11.8. The van der Waals surface area contributed by atoms with Gasteiger partial charge in [0.25, 0.3) is 0 Å². The molecular weight excluding hydrogens is 216 g/mol. The van der Waals surface area contributed by atoms with Gasteiger partial charge < -0.3 is 10.4 Å². The van der Waals surface area contributed by atoms with Crippen LogP contribution in [0.5, 0.6) is 0 Å². The first-order valence-electron chi connectivity index (χ1n) is 6.18. The highest BCUT2D eigenvalue weighted by atomic mass is 16.4. The van der Waals surface area contributed by atoms with Gasteiger partial charge in [-0.15, -0.1) is 0 Å². The van der Waals surface area contributed by atoms with Crippen molar-refractivity contribution in [3.8, 4) is 0 Å². The van der Waals surface area contributed by atoms with Crippen molar-refractivity contribution < 1.29 is 9.90 Å². The molecule has 90 valence electrons. The molecule has 0 aromatic carbocycles. The van der Waals surface area contributed by atoms with E-state index in [0.29, 0.717) is 5.92 Å². The zero-order valence-electron chi connectivity index (χ0n) is 9.60. The van der Waals surface area contributed by atoms with Crippen molar-refractivity contribution in [2.45, 2.75) is 43.7 Å². The molecule has 4 heteroatoms. The Hall–Kier alpha value is -1.42. The Labute approximate surface area is 100 Å². The molecule has 17 heavy (non-hydrogen) atoms. The number of nitrogens with one attached hydrogen (secondary N) is 1. The molecule has 0 bridgehead atoms. The zero-order valence-corrected chi connectivity index (χ0v) is 9.60. The average Bonchev–Trinajstić information content (AvgIpc) is 2.95. The normalized spacial score (nSPS) is 31.4. The van der Waals surface area contributed by atoms with Gasteiger partial charge in [0.1, 0.15) is 6.04 Å². The minimum Gasteiger partial charge on any atom is -0.480 e. The first-order valence-corrected chi connectivity index (χ1v) is 6.18. The van der Waals surface area contributed by atoms with Crippen molar-refractivity contribution in [1.82, 2.24) is 10.3 Å². The van der Waals surface area contributed by atoms with Gasteiger partial charge in [-0.25, -0.2) is 0 Å². The van der Waals surface area contributed by atoms with E-state index in [1.165, 1.54) is 11.3 Å². The highest BCUT2D eigenvalue weighted by molar-refractivity contribution is 5.73. The monoisotopic (exact) mass is 232 g/mol. The number of hydrogen-bond acceptors (Lipinski definition) is 3. The van der Waals surface area contributed by atoms with Gasteiger partial charge in [-0.3, -0.25) is 9.78 Å². The lowest BCUT2D eigenvalue weighted by molar-refractivity contribution is -0.139. The van der Waals surface area contributed by atoms with Crippen LogP contribution in [0.4, 0.5) is 0 Å². The Kier molecular flexibility index (Phi) is 2.59. The molecule has 3 atom stereocenters. The van der Waals surface area contributed by atoms with Gasteiger partial charge >= 0.3 is 5.97 Å². The fourth-order valence-electron chi connectivity index (χ4n) is 3.12. The fraction of sp³-hybridized carbons (Fsp3) is 0.538. The molecule has 4 nitrogen and oxygen atoms in total. The minimum atomic E-state index is -0.730. The summed E-state index contributed by atoms with van der Waals surface area (Å²) in [6.07, 6.45) is 5.68. The van der Waals surface area contributed by atoms with Gasteiger partial charge in [-0.05, 0) is 37.3 Å². The van der Waals surface area contributed by atoms with Crippen molar-refractivity contribution in [2.75, 3.05) is 0 Å². The minimum absolute atomic E-state index is 0.284. The molecule has 1 aliphatic carbocycles. The summed E-state index contributed by atoms with van der Waals surface area (Å²) in [5.74, 6) is -0.331. The van der Waals surface area contributed by atoms with E-state index in [-0.39, 0.29) is 12.1 Å². The molecule has 3 rings (SSSR count). The number of hydrogen-bond donors (Lipinski definition) is 2. The smallest absolute Gasteiger partial charge is 0.320 e. The summed E-state index contributed by atoms with van der Waals surface area (Å²) in [6.45, 7) is 0. The van der Waals surface area contributed by atoms with Gasteiger partial charge in [0, 0.05) is 23.9 Å². The van der Waals surface area contributed by atoms with E-state index < -0.39 is 5.97 Å². The molecule has 1 aliphatic heterocycles. The number of aromatic nitrogens is 1. The summed E-state index contributed by atoms with van der Waals surface area (Å²) >= 11 is 0. The van der Waals surface area contributed by atoms with Gasteiger partial charge in [0.15, 0.2) is 0 Å². The van der Waals surface area contributed by atoms with Gasteiger partial charge in [-0.1, -0.05) is 6.07 Å². The van der Waals surface area contributed by atoms with E-state index in [0.717, 1.165) is 25.7 Å². The highest BCUT2D eigenvalue weighted by Crippen LogP contribution is 2.37. The second-order valence-electron chi connectivity index (χ2n) is 4.93. The van der Waals surface area contributed by atoms with Crippen LogP contribution in [0, 0.1) is 0 Å². The Bertz CT molecular complexity index is 447. The summed E-state index contributed by atoms with van der Waals surface area (Å²) in [5, 5.41) is 12.2. The van der Waals surface area contributed by atoms with E-state index >= 15 is 0 Å². The van der Waals surface area contributed by atoms with Gasteiger partial charge in [0.05, 0.1) is 0 Å². The van der Waals surface area contributed by atoms with Crippen molar-refractivity contribution >= 4 is 5.97 Å². The third kappa shape index (κ3) is 1.82. The third-order valence-electron chi connectivity index (χ3n) is 3.97. The quantitative estimate of drug-likeness (QED) is 0.807. The molecule has 0 spiro atoms. The van der Waals surface area contributed by atoms with Crippen molar-refractivity contribution in [1.29, 1.82) is 0 Å². The second-order valence-corrected chi connectivity index (χ2v) is 4.93. The van der Waals surface area contributed by atoms with Crippen LogP contribution in [0.25, 0.3) is 0 Å². The highest BCUT2D eigenvalue weighted by Gasteiger charge is 2.37. The summed E-state index contributed by atoms with van der Waals surface area (Å²) in [5.41, 5.74) is 2.51. The lowest BCUT2D eigenvalue weighted by atomic mass is 9.96. The molecule has 1 aromatic rings. The summed E-state index contributed by atoms with van der Waals surface area (Å²) in [6, 6.07) is 4.02. The van der Waals surface area contributed by atoms with Crippen LogP contribution >= 0.6 is 0 Å². The van der Waals surface area contributed by atoms with Crippen LogP contribution in [0.3, 0.4) is 0 Å². The van der Waals surface area contributed by atoms with Gasteiger partial charge in [-0.2, -0.15) is 0 Å². The largest absolute Gasteiger partial charge is 0.480 e. The first kappa shape index (κ1) is 10.7. The number of carbonyl (C=O) groups is 1. The lowest BCUT2D eigenvalue weighted by Crippen LogP contribution is -2.38. The number of nitrogens with zero attached hydrogens (tertiary/aromatic N) is 1. The predicted octanol–water partition coefficient (Wildman–Crippen LogP) is 1.32. The van der Waals surface area contributed by atoms with Gasteiger partial charge in [0.2, 0.25) is 0 Å². The van der Waals surface area contributed by atoms with E-state index in [2.05, 4.69) is 16.4 Å². The molecule has 2 heterocycles. The maximum absolute atomic E-state index is 10.9. The molecule has 0 radical (unpaired) electrons. The maximum Gasteiger partial charge on any atom is 0.320 e. The first-order chi connectivity index (χ1) is 8.25. The summed E-state index contributed by atoms with van der Waals surface area (Å²) in [7, 11) is 0. The molecular formula is C13H16N2O2. The molecule has 0 saturated carbocycles. The SMILES string of the molecule is O=C(O)C1CCC(C2CCc3cccnc32)N1. The Balaban J connectivity index is 1.78. The summed E-state index contributed by atoms with van der Waals surface area (Å²) < 4.78 is 0. The molecule has 2 aliphatic rings. The summed E-state index contributed by atoms with van der Waals surface area (Å²) in [4.78, 5) is 15.4. The standard InChI is InChI=1S/C13H16N2O2/c16-13(17)11-6-5-10(15-11)9-4-3-8-2-1-7-14-12(8)9/h1-2,7,9-11,15H,3-6H2,(H,16,17). The van der Waals surface area contributed by atoms with E-state index in [4.69, 9.17) is 5.11 Å². The number of carboxylic acid groups (broad SMARTS) is 1. The maximum atomic E-state index is 10.9. The number of aryl methyl sites for hydroxylation is 1. The topological polar surface area (TPSA) is 62.2 Å². The molecule has 1 aromatic heterocycles. The second kappa shape index (κ2) is 4.11. The van der Waals surface area contributed by atoms with E-state index in [1.54, 1.807) is 0 Å².